The minimum atomic E-state index is -4.30. The van der Waals surface area contributed by atoms with Crippen molar-refractivity contribution in [2.45, 2.75) is 116 Å². The molecule has 10 heteroatoms. The lowest BCUT2D eigenvalue weighted by molar-refractivity contribution is -0.870. The van der Waals surface area contributed by atoms with E-state index >= 15 is 0 Å². The number of hydrogen-bond donors (Lipinski definition) is 1. The van der Waals surface area contributed by atoms with Gasteiger partial charge in [-0.1, -0.05) is 90.4 Å². The number of ether oxygens (including phenoxy) is 1. The first kappa shape index (κ1) is 36.0. The Morgan fingerprint density at radius 1 is 0.833 bits per heavy atom. The van der Waals surface area contributed by atoms with Gasteiger partial charge in [0, 0.05) is 7.11 Å². The molecule has 36 heavy (non-hydrogen) atoms. The summed E-state index contributed by atoms with van der Waals surface area (Å²) in [5.41, 5.74) is 0. The molecule has 3 unspecified atom stereocenters. The Morgan fingerprint density at radius 2 is 1.28 bits per heavy atom. The highest BCUT2D eigenvalue weighted by Crippen LogP contribution is 2.45. The minimum Gasteiger partial charge on any atom is -0.378 e. The summed E-state index contributed by atoms with van der Waals surface area (Å²) in [4.78, 5) is 9.97. The summed E-state index contributed by atoms with van der Waals surface area (Å²) in [6, 6.07) is 0. The number of unbranched alkanes of at least 4 members (excludes halogenated alkanes) is 13. The summed E-state index contributed by atoms with van der Waals surface area (Å²) >= 11 is 0. The predicted octanol–water partition coefficient (Wildman–Crippen LogP) is 6.13. The number of rotatable bonds is 25. The van der Waals surface area contributed by atoms with Crippen molar-refractivity contribution in [1.29, 1.82) is 0 Å². The van der Waals surface area contributed by atoms with Crippen LogP contribution in [0.2, 0.25) is 0 Å². The van der Waals surface area contributed by atoms with Crippen molar-refractivity contribution in [1.82, 2.24) is 0 Å². The molecule has 0 aliphatic rings. The van der Waals surface area contributed by atoms with E-state index in [0.29, 0.717) is 17.4 Å². The molecule has 0 saturated carbocycles. The summed E-state index contributed by atoms with van der Waals surface area (Å²) in [7, 11) is -0.458. The molecule has 0 aromatic rings. The molecule has 8 nitrogen and oxygen atoms in total. The molecule has 0 aromatic heterocycles. The zero-order chi connectivity index (χ0) is 27.5. The second-order valence-electron chi connectivity index (χ2n) is 11.1. The molecule has 0 heterocycles. The third kappa shape index (κ3) is 22.0. The van der Waals surface area contributed by atoms with Gasteiger partial charge in [-0.3, -0.25) is 9.05 Å². The van der Waals surface area contributed by atoms with Gasteiger partial charge in [-0.2, -0.15) is 0 Å². The van der Waals surface area contributed by atoms with Gasteiger partial charge in [0.1, 0.15) is 13.2 Å². The summed E-state index contributed by atoms with van der Waals surface area (Å²) in [5.74, 6) is -0.156. The highest BCUT2D eigenvalue weighted by Gasteiger charge is 2.32. The van der Waals surface area contributed by atoms with Gasteiger partial charge in [-0.25, -0.2) is 13.0 Å². The van der Waals surface area contributed by atoms with E-state index in [4.69, 9.17) is 13.8 Å². The molecular formula is C26H57NO7PS+. The molecule has 1 N–H and O–H groups in total. The van der Waals surface area contributed by atoms with Crippen molar-refractivity contribution in [2.24, 2.45) is 0 Å². The fourth-order valence-electron chi connectivity index (χ4n) is 3.98. The van der Waals surface area contributed by atoms with Crippen LogP contribution in [0.4, 0.5) is 0 Å². The molecule has 0 rings (SSSR count). The van der Waals surface area contributed by atoms with Crippen molar-refractivity contribution < 1.29 is 36.1 Å². The maximum atomic E-state index is 12.6. The molecule has 0 aliphatic heterocycles. The first-order valence-corrected chi connectivity index (χ1v) is 17.3. The zero-order valence-corrected chi connectivity index (χ0v) is 25.8. The number of likely N-dealkylation sites (N-methyl/N-ethyl adjacent to an activating group) is 1. The second-order valence-corrected chi connectivity index (χ2v) is 14.7. The Kier molecular flexibility index (Phi) is 20.0. The number of quaternary nitrogens is 1. The van der Waals surface area contributed by atoms with Crippen molar-refractivity contribution in [2.75, 3.05) is 52.9 Å². The number of nitrogens with zero attached hydrogens (tertiary/aromatic N) is 1. The highest BCUT2D eigenvalue weighted by atomic mass is 32.2. The van der Waals surface area contributed by atoms with Crippen molar-refractivity contribution in [3.63, 3.8) is 0 Å². The van der Waals surface area contributed by atoms with Gasteiger partial charge in [0.05, 0.1) is 44.9 Å². The molecule has 218 valence electrons. The maximum Gasteiger partial charge on any atom is 0.472 e. The number of sulfone groups is 1. The molecule has 3 atom stereocenters. The molecule has 0 fully saturated rings. The smallest absolute Gasteiger partial charge is 0.378 e. The Balaban J connectivity index is 4.05. The van der Waals surface area contributed by atoms with E-state index in [0.717, 1.165) is 19.3 Å². The quantitative estimate of drug-likeness (QED) is 0.0818. The lowest BCUT2D eigenvalue weighted by atomic mass is 10.0. The van der Waals surface area contributed by atoms with Gasteiger partial charge >= 0.3 is 7.82 Å². The van der Waals surface area contributed by atoms with Crippen LogP contribution in [-0.4, -0.2) is 82.9 Å². The number of hydrogen-bond acceptors (Lipinski definition) is 6. The van der Waals surface area contributed by atoms with Crippen LogP contribution >= 0.6 is 7.82 Å². The molecular weight excluding hydrogens is 501 g/mol. The van der Waals surface area contributed by atoms with Crippen LogP contribution in [0.25, 0.3) is 0 Å². The molecule has 0 spiro atoms. The summed E-state index contributed by atoms with van der Waals surface area (Å²) in [6.07, 6.45) is 15.3. The highest BCUT2D eigenvalue weighted by molar-refractivity contribution is 7.91. The lowest BCUT2D eigenvalue weighted by Crippen LogP contribution is -2.38. The average molecular weight is 559 g/mol. The molecule has 0 radical (unpaired) electrons. The Hall–Kier alpha value is -0.0200. The third-order valence-corrected chi connectivity index (χ3v) is 9.22. The van der Waals surface area contributed by atoms with E-state index in [9.17, 15) is 17.9 Å². The van der Waals surface area contributed by atoms with Crippen LogP contribution in [0.5, 0.6) is 0 Å². The van der Waals surface area contributed by atoms with Gasteiger partial charge in [0.25, 0.3) is 0 Å². The van der Waals surface area contributed by atoms with Crippen molar-refractivity contribution >= 4 is 17.7 Å². The standard InChI is InChI=1S/C26H56NO7PS/c1-7-8-9-10-11-12-13-14-15-16-17-18-19-20-23-36(30,31)24-26(32-6)25(2)34-35(28,29)33-22-21-27(3,4)5/h25-26H,7-24H2,1-6H3/p+1. The van der Waals surface area contributed by atoms with Gasteiger partial charge in [-0.15, -0.1) is 0 Å². The summed E-state index contributed by atoms with van der Waals surface area (Å²) < 4.78 is 53.4. The lowest BCUT2D eigenvalue weighted by Gasteiger charge is -2.26. The molecule has 0 aromatic carbocycles. The number of phosphoric acid groups is 1. The fraction of sp³-hybridized carbons (Fsp3) is 1.00. The summed E-state index contributed by atoms with van der Waals surface area (Å²) in [6.45, 7) is 4.36. The van der Waals surface area contributed by atoms with E-state index in [1.807, 2.05) is 21.1 Å². The number of phosphoric ester groups is 1. The second kappa shape index (κ2) is 20.0. The van der Waals surface area contributed by atoms with Crippen LogP contribution in [-0.2, 0) is 28.2 Å². The molecule has 0 amide bonds. The molecule has 0 bridgehead atoms. The van der Waals surface area contributed by atoms with E-state index in [1.54, 1.807) is 0 Å². The normalized spacial score (nSPS) is 16.1. The predicted molar refractivity (Wildman–Crippen MR) is 149 cm³/mol. The topological polar surface area (TPSA) is 99.1 Å². The van der Waals surface area contributed by atoms with Gasteiger partial charge in [0.2, 0.25) is 0 Å². The van der Waals surface area contributed by atoms with Crippen LogP contribution in [0, 0.1) is 0 Å². The van der Waals surface area contributed by atoms with Gasteiger partial charge in [0.15, 0.2) is 9.84 Å². The van der Waals surface area contributed by atoms with Crippen LogP contribution in [0.1, 0.15) is 104 Å². The summed E-state index contributed by atoms with van der Waals surface area (Å²) in [5, 5.41) is 0. The maximum absolute atomic E-state index is 12.6. The van der Waals surface area contributed by atoms with E-state index in [-0.39, 0.29) is 18.1 Å². The first-order chi connectivity index (χ1) is 16.8. The van der Waals surface area contributed by atoms with E-state index in [2.05, 4.69) is 6.92 Å². The monoisotopic (exact) mass is 558 g/mol. The van der Waals surface area contributed by atoms with Gasteiger partial charge in [-0.05, 0) is 13.3 Å². The zero-order valence-electron chi connectivity index (χ0n) is 24.1. The Bertz CT molecular complexity index is 682. The largest absolute Gasteiger partial charge is 0.472 e. The molecule has 0 aliphatic carbocycles. The fourth-order valence-corrected chi connectivity index (χ4v) is 6.63. The van der Waals surface area contributed by atoms with Crippen molar-refractivity contribution in [3.8, 4) is 0 Å². The van der Waals surface area contributed by atoms with Crippen molar-refractivity contribution in [3.05, 3.63) is 0 Å². The first-order valence-electron chi connectivity index (χ1n) is 14.0. The van der Waals surface area contributed by atoms with Crippen LogP contribution in [0.3, 0.4) is 0 Å². The average Bonchev–Trinajstić information content (AvgIpc) is 2.76. The number of methoxy groups -OCH3 is 1. The SMILES string of the molecule is CCCCCCCCCCCCCCCCS(=O)(=O)CC(OC)C(C)OP(=O)(O)OCC[N+](C)(C)C. The molecule has 0 saturated heterocycles. The Labute approximate surface area is 222 Å². The van der Waals surface area contributed by atoms with E-state index in [1.165, 1.54) is 78.2 Å². The van der Waals surface area contributed by atoms with Crippen LogP contribution < -0.4 is 0 Å². The third-order valence-electron chi connectivity index (χ3n) is 6.37. The minimum absolute atomic E-state index is 0.0546. The van der Waals surface area contributed by atoms with E-state index < -0.39 is 29.9 Å². The Morgan fingerprint density at radius 3 is 1.69 bits per heavy atom. The van der Waals surface area contributed by atoms with Crippen LogP contribution in [0.15, 0.2) is 0 Å². The van der Waals surface area contributed by atoms with Gasteiger partial charge < -0.3 is 14.1 Å².